The minimum Gasteiger partial charge on any atom is -0.350 e. The van der Waals surface area contributed by atoms with Gasteiger partial charge in [-0.25, -0.2) is 4.79 Å². The maximum absolute atomic E-state index is 14.8. The second kappa shape index (κ2) is 14.1. The molecule has 47 heavy (non-hydrogen) atoms. The maximum Gasteiger partial charge on any atom is 0.521 e. The number of amides is 2. The van der Waals surface area contributed by atoms with Crippen molar-refractivity contribution in [2.75, 3.05) is 19.7 Å². The Kier molecular flexibility index (Phi) is 10.2. The van der Waals surface area contributed by atoms with Crippen LogP contribution in [0, 0.1) is 13.8 Å². The van der Waals surface area contributed by atoms with Crippen molar-refractivity contribution in [3.63, 3.8) is 0 Å². The lowest BCUT2D eigenvalue weighted by Crippen LogP contribution is -2.61. The van der Waals surface area contributed by atoms with Crippen LogP contribution < -0.4 is 19.7 Å². The van der Waals surface area contributed by atoms with Crippen LogP contribution in [0.1, 0.15) is 112 Å². The summed E-state index contributed by atoms with van der Waals surface area (Å²) in [5, 5.41) is 3.26. The van der Waals surface area contributed by atoms with Crippen LogP contribution >= 0.6 is 0 Å². The molecular formula is C41H51BN4O. The van der Waals surface area contributed by atoms with Crippen LogP contribution in [0.25, 0.3) is 0 Å². The fraction of sp³-hybridized carbons (Fsp3) is 0.341. The molecular weight excluding hydrogens is 575 g/mol. The van der Waals surface area contributed by atoms with E-state index in [1.54, 1.807) is 0 Å². The zero-order valence-corrected chi connectivity index (χ0v) is 29.9. The van der Waals surface area contributed by atoms with E-state index in [2.05, 4.69) is 157 Å². The van der Waals surface area contributed by atoms with Gasteiger partial charge in [-0.05, 0) is 84.0 Å². The van der Waals surface area contributed by atoms with Crippen LogP contribution in [0.3, 0.4) is 0 Å². The second-order valence-electron chi connectivity index (χ2n) is 14.1. The van der Waals surface area contributed by atoms with Gasteiger partial charge in [0.15, 0.2) is 0 Å². The topological polar surface area (TPSA) is 38.8 Å². The number of hydrogen-bond donors (Lipinski definition) is 1. The number of benzene rings is 4. The van der Waals surface area contributed by atoms with Gasteiger partial charge < -0.3 is 14.9 Å². The molecule has 0 aromatic heterocycles. The second-order valence-corrected chi connectivity index (χ2v) is 14.1. The molecule has 1 N–H and O–H groups in total. The smallest absolute Gasteiger partial charge is 0.350 e. The van der Waals surface area contributed by atoms with Crippen molar-refractivity contribution in [1.29, 1.82) is 0 Å². The van der Waals surface area contributed by atoms with Crippen LogP contribution in [0.15, 0.2) is 97.3 Å². The molecule has 4 aromatic carbocycles. The number of hydrogen-bond acceptors (Lipinski definition) is 3. The molecule has 0 saturated heterocycles. The average molecular weight is 627 g/mol. The normalized spacial score (nSPS) is 13.1. The molecule has 1 aliphatic heterocycles. The summed E-state index contributed by atoms with van der Waals surface area (Å²) < 4.78 is 0. The van der Waals surface area contributed by atoms with Gasteiger partial charge in [0.25, 0.3) is 0 Å². The molecule has 4 aromatic rings. The molecule has 1 aliphatic rings. The predicted octanol–water partition coefficient (Wildman–Crippen LogP) is 11.3. The van der Waals surface area contributed by atoms with Gasteiger partial charge in [0.05, 0.1) is 0 Å². The number of anilines is 4. The highest BCUT2D eigenvalue weighted by molar-refractivity contribution is 6.77. The molecule has 0 spiro atoms. The van der Waals surface area contributed by atoms with Gasteiger partial charge in [0.1, 0.15) is 0 Å². The zero-order chi connectivity index (χ0) is 34.0. The quantitative estimate of drug-likeness (QED) is 0.188. The summed E-state index contributed by atoms with van der Waals surface area (Å²) in [6, 6.07) is 29.4. The summed E-state index contributed by atoms with van der Waals surface area (Å²) in [6.07, 6.45) is 4.36. The number of carbonyl (C=O) groups is 1. The molecule has 0 saturated carbocycles. The molecule has 0 unspecified atom stereocenters. The first-order valence-corrected chi connectivity index (χ1v) is 17.1. The highest BCUT2D eigenvalue weighted by atomic mass is 16.2. The first-order chi connectivity index (χ1) is 22.4. The van der Waals surface area contributed by atoms with E-state index in [-0.39, 0.29) is 29.7 Å². The highest BCUT2D eigenvalue weighted by Crippen LogP contribution is 2.43. The van der Waals surface area contributed by atoms with Crippen molar-refractivity contribution in [2.24, 2.45) is 0 Å². The third-order valence-corrected chi connectivity index (χ3v) is 9.15. The third-order valence-electron chi connectivity index (χ3n) is 9.15. The van der Waals surface area contributed by atoms with E-state index in [1.807, 2.05) is 29.1 Å². The van der Waals surface area contributed by atoms with Crippen LogP contribution in [0.4, 0.5) is 27.5 Å². The van der Waals surface area contributed by atoms with Crippen molar-refractivity contribution in [1.82, 2.24) is 0 Å². The van der Waals surface area contributed by atoms with E-state index in [9.17, 15) is 4.79 Å². The molecule has 6 heteroatoms. The summed E-state index contributed by atoms with van der Waals surface area (Å²) in [5.74, 6) is 1.15. The van der Waals surface area contributed by atoms with E-state index in [0.717, 1.165) is 33.9 Å². The van der Waals surface area contributed by atoms with Crippen molar-refractivity contribution in [3.05, 3.63) is 131 Å². The summed E-state index contributed by atoms with van der Waals surface area (Å²) >= 11 is 0. The third kappa shape index (κ3) is 6.97. The van der Waals surface area contributed by atoms with Crippen molar-refractivity contribution >= 4 is 35.9 Å². The Labute approximate surface area is 283 Å². The predicted molar refractivity (Wildman–Crippen MR) is 203 cm³/mol. The summed E-state index contributed by atoms with van der Waals surface area (Å²) in [5.41, 5.74) is 11.2. The Morgan fingerprint density at radius 3 is 1.30 bits per heavy atom. The fourth-order valence-electron chi connectivity index (χ4n) is 6.56. The van der Waals surface area contributed by atoms with Crippen LogP contribution in [0.5, 0.6) is 0 Å². The first-order valence-electron chi connectivity index (χ1n) is 17.1. The van der Waals surface area contributed by atoms with Gasteiger partial charge in [0, 0.05) is 35.1 Å². The molecule has 2 amide bonds. The van der Waals surface area contributed by atoms with Gasteiger partial charge in [-0.3, -0.25) is 4.81 Å². The van der Waals surface area contributed by atoms with Crippen molar-refractivity contribution < 1.29 is 4.79 Å². The Morgan fingerprint density at radius 2 is 0.936 bits per heavy atom. The SMILES string of the molecule is Cc1ccc(NC(=O)N(B2N(c3c(C(C)C)cccc3C(C)C)C=CN2c2c(C(C)C)cccc2C(C)C)c2ccc(C)cc2)cc1. The largest absolute Gasteiger partial charge is 0.521 e. The van der Waals surface area contributed by atoms with Gasteiger partial charge in [0.2, 0.25) is 0 Å². The summed E-state index contributed by atoms with van der Waals surface area (Å²) in [4.78, 5) is 21.4. The van der Waals surface area contributed by atoms with Gasteiger partial charge >= 0.3 is 13.1 Å². The highest BCUT2D eigenvalue weighted by Gasteiger charge is 2.47. The number of para-hydroxylation sites is 2. The van der Waals surface area contributed by atoms with E-state index < -0.39 is 7.12 Å². The summed E-state index contributed by atoms with van der Waals surface area (Å²) in [7, 11) is -0.516. The number of rotatable bonds is 9. The van der Waals surface area contributed by atoms with Crippen LogP contribution in [0.2, 0.25) is 0 Å². The standard InChI is InChI=1S/C41H51BN4O/c1-27(2)35-13-11-14-36(28(3)4)39(35)44-25-26-45(40-37(29(5)6)15-12-16-38(40)30(7)8)42(44)46(34-23-19-32(10)20-24-34)41(47)43-33-21-17-31(9)18-22-33/h11-30H,1-10H3,(H,43,47). The van der Waals surface area contributed by atoms with E-state index in [4.69, 9.17) is 0 Å². The maximum atomic E-state index is 14.8. The molecule has 0 aliphatic carbocycles. The van der Waals surface area contributed by atoms with Crippen LogP contribution in [-0.4, -0.2) is 13.1 Å². The summed E-state index contributed by atoms with van der Waals surface area (Å²) in [6.45, 7) is 22.2. The monoisotopic (exact) mass is 626 g/mol. The fourth-order valence-corrected chi connectivity index (χ4v) is 6.56. The lowest BCUT2D eigenvalue weighted by atomic mass is 9.78. The lowest BCUT2D eigenvalue weighted by molar-refractivity contribution is 0.259. The van der Waals surface area contributed by atoms with E-state index in [0.29, 0.717) is 0 Å². The van der Waals surface area contributed by atoms with Gasteiger partial charge in [-0.15, -0.1) is 0 Å². The molecule has 5 nitrogen and oxygen atoms in total. The van der Waals surface area contributed by atoms with E-state index >= 15 is 0 Å². The number of nitrogens with one attached hydrogen (secondary N) is 1. The minimum absolute atomic E-state index is 0.192. The number of carbonyl (C=O) groups excluding carboxylic acids is 1. The van der Waals surface area contributed by atoms with Crippen LogP contribution in [-0.2, 0) is 0 Å². The Bertz CT molecular complexity index is 1600. The van der Waals surface area contributed by atoms with Gasteiger partial charge in [-0.2, -0.15) is 0 Å². The lowest BCUT2D eigenvalue weighted by Gasteiger charge is -2.40. The average Bonchev–Trinajstić information content (AvgIpc) is 3.46. The first kappa shape index (κ1) is 33.9. The molecule has 0 fully saturated rings. The number of nitrogens with zero attached hydrogens (tertiary/aromatic N) is 3. The molecule has 1 heterocycles. The Balaban J connectivity index is 1.81. The molecule has 0 radical (unpaired) electrons. The number of urea groups is 1. The number of aryl methyl sites for hydroxylation is 2. The molecule has 5 rings (SSSR count). The van der Waals surface area contributed by atoms with Crippen molar-refractivity contribution in [3.8, 4) is 0 Å². The Hall–Kier alpha value is -4.45. The molecule has 0 bridgehead atoms. The van der Waals surface area contributed by atoms with E-state index in [1.165, 1.54) is 22.3 Å². The zero-order valence-electron chi connectivity index (χ0n) is 29.9. The molecule has 0 atom stereocenters. The minimum atomic E-state index is -0.516. The Morgan fingerprint density at radius 1 is 0.574 bits per heavy atom. The van der Waals surface area contributed by atoms with Gasteiger partial charge in [-0.1, -0.05) is 127 Å². The van der Waals surface area contributed by atoms with Crippen molar-refractivity contribution in [2.45, 2.75) is 92.9 Å². The molecule has 244 valence electrons.